The summed E-state index contributed by atoms with van der Waals surface area (Å²) in [5.74, 6) is 1.18. The summed E-state index contributed by atoms with van der Waals surface area (Å²) in [4.78, 5) is 16.3. The van der Waals surface area contributed by atoms with Crippen molar-refractivity contribution in [1.82, 2.24) is 4.98 Å². The van der Waals surface area contributed by atoms with Crippen LogP contribution < -0.4 is 14.8 Å². The van der Waals surface area contributed by atoms with Crippen molar-refractivity contribution < 1.29 is 14.3 Å². The highest BCUT2D eigenvalue weighted by Gasteiger charge is 2.11. The van der Waals surface area contributed by atoms with E-state index in [1.807, 2.05) is 19.1 Å². The fourth-order valence-corrected chi connectivity index (χ4v) is 3.01. The fourth-order valence-electron chi connectivity index (χ4n) is 1.75. The number of carbonyl (C=O) groups is 1. The van der Waals surface area contributed by atoms with Crippen LogP contribution in [0, 0.1) is 6.92 Å². The lowest BCUT2D eigenvalue weighted by Gasteiger charge is -2.08. The summed E-state index contributed by atoms with van der Waals surface area (Å²) in [5.41, 5.74) is 1.68. The highest BCUT2D eigenvalue weighted by molar-refractivity contribution is 9.11. The molecule has 5 nitrogen and oxygen atoms in total. The van der Waals surface area contributed by atoms with Crippen LogP contribution in [-0.4, -0.2) is 25.1 Å². The van der Waals surface area contributed by atoms with E-state index in [-0.39, 0.29) is 12.3 Å². The first-order valence-corrected chi connectivity index (χ1v) is 7.77. The minimum Gasteiger partial charge on any atom is -0.497 e. The van der Waals surface area contributed by atoms with Crippen LogP contribution >= 0.6 is 27.3 Å². The lowest BCUT2D eigenvalue weighted by atomic mass is 10.1. The highest BCUT2D eigenvalue weighted by atomic mass is 79.9. The number of ether oxygens (including phenoxy) is 2. The molecule has 1 N–H and O–H groups in total. The van der Waals surface area contributed by atoms with Gasteiger partial charge in [0.1, 0.15) is 11.5 Å². The Kier molecular flexibility index (Phi) is 5.19. The first kappa shape index (κ1) is 15.8. The van der Waals surface area contributed by atoms with Crippen LogP contribution in [0.4, 0.5) is 5.13 Å². The molecule has 2 rings (SSSR count). The molecule has 1 aromatic carbocycles. The zero-order valence-corrected chi connectivity index (χ0v) is 14.3. The van der Waals surface area contributed by atoms with Crippen LogP contribution in [0.1, 0.15) is 11.3 Å². The van der Waals surface area contributed by atoms with Crippen molar-refractivity contribution in [3.63, 3.8) is 0 Å². The molecule has 0 radical (unpaired) electrons. The quantitative estimate of drug-likeness (QED) is 0.875. The molecule has 0 aliphatic rings. The summed E-state index contributed by atoms with van der Waals surface area (Å²) in [6.07, 6.45) is 0.226. The van der Waals surface area contributed by atoms with Gasteiger partial charge >= 0.3 is 0 Å². The summed E-state index contributed by atoms with van der Waals surface area (Å²) in [5, 5.41) is 3.37. The molecule has 0 atom stereocenters. The lowest BCUT2D eigenvalue weighted by Crippen LogP contribution is -2.14. The molecule has 21 heavy (non-hydrogen) atoms. The number of hydrogen-bond donors (Lipinski definition) is 1. The lowest BCUT2D eigenvalue weighted by molar-refractivity contribution is -0.115. The molecule has 1 amide bonds. The van der Waals surface area contributed by atoms with Gasteiger partial charge in [-0.05, 0) is 40.5 Å². The van der Waals surface area contributed by atoms with E-state index in [4.69, 9.17) is 9.47 Å². The van der Waals surface area contributed by atoms with Gasteiger partial charge in [0.2, 0.25) is 5.91 Å². The number of halogens is 1. The molecule has 1 aromatic heterocycles. The number of anilines is 1. The number of benzene rings is 1. The van der Waals surface area contributed by atoms with Crippen LogP contribution in [-0.2, 0) is 11.2 Å². The molecule has 0 aliphatic heterocycles. The van der Waals surface area contributed by atoms with E-state index in [0.29, 0.717) is 16.6 Å². The number of aromatic nitrogens is 1. The van der Waals surface area contributed by atoms with Gasteiger partial charge in [-0.15, -0.1) is 0 Å². The Hall–Kier alpha value is -1.60. The third kappa shape index (κ3) is 4.18. The second-order valence-electron chi connectivity index (χ2n) is 4.32. The smallest absolute Gasteiger partial charge is 0.230 e. The fraction of sp³-hybridized carbons (Fsp3) is 0.286. The first-order chi connectivity index (χ1) is 10.0. The predicted molar refractivity (Wildman–Crippen MR) is 86.4 cm³/mol. The van der Waals surface area contributed by atoms with Crippen molar-refractivity contribution in [2.45, 2.75) is 13.3 Å². The van der Waals surface area contributed by atoms with E-state index in [1.54, 1.807) is 20.3 Å². The van der Waals surface area contributed by atoms with Gasteiger partial charge in [-0.3, -0.25) is 4.79 Å². The number of aryl methyl sites for hydroxylation is 1. The summed E-state index contributed by atoms with van der Waals surface area (Å²) < 4.78 is 11.3. The maximum absolute atomic E-state index is 12.1. The summed E-state index contributed by atoms with van der Waals surface area (Å²) in [6, 6.07) is 5.39. The summed E-state index contributed by atoms with van der Waals surface area (Å²) >= 11 is 4.78. The van der Waals surface area contributed by atoms with Gasteiger partial charge < -0.3 is 14.8 Å². The monoisotopic (exact) mass is 370 g/mol. The van der Waals surface area contributed by atoms with Crippen LogP contribution in [0.5, 0.6) is 11.5 Å². The molecular formula is C14H15BrN2O3S. The van der Waals surface area contributed by atoms with Gasteiger partial charge in [-0.1, -0.05) is 11.3 Å². The molecule has 7 heteroatoms. The van der Waals surface area contributed by atoms with Gasteiger partial charge in [0.25, 0.3) is 0 Å². The molecular weight excluding hydrogens is 356 g/mol. The molecule has 0 unspecified atom stereocenters. The topological polar surface area (TPSA) is 60.5 Å². The molecule has 112 valence electrons. The van der Waals surface area contributed by atoms with E-state index in [0.717, 1.165) is 15.0 Å². The molecule has 0 saturated carbocycles. The van der Waals surface area contributed by atoms with Crippen molar-refractivity contribution in [3.8, 4) is 11.5 Å². The highest BCUT2D eigenvalue weighted by Crippen LogP contribution is 2.28. The number of methoxy groups -OCH3 is 2. The third-order valence-corrected chi connectivity index (χ3v) is 4.68. The van der Waals surface area contributed by atoms with E-state index in [9.17, 15) is 4.79 Å². The van der Waals surface area contributed by atoms with Crippen molar-refractivity contribution in [2.75, 3.05) is 19.5 Å². The first-order valence-electron chi connectivity index (χ1n) is 6.16. The number of nitrogens with one attached hydrogen (secondary N) is 1. The molecule has 0 bridgehead atoms. The van der Waals surface area contributed by atoms with Gasteiger partial charge in [0, 0.05) is 6.07 Å². The van der Waals surface area contributed by atoms with Gasteiger partial charge in [0.05, 0.1) is 30.1 Å². The molecule has 0 fully saturated rings. The zero-order chi connectivity index (χ0) is 15.4. The van der Waals surface area contributed by atoms with Crippen LogP contribution in [0.15, 0.2) is 22.0 Å². The minimum atomic E-state index is -0.133. The summed E-state index contributed by atoms with van der Waals surface area (Å²) in [6.45, 7) is 1.88. The van der Waals surface area contributed by atoms with E-state index in [2.05, 4.69) is 26.2 Å². The van der Waals surface area contributed by atoms with Gasteiger partial charge in [-0.2, -0.15) is 0 Å². The SMILES string of the molecule is COc1cc(CC(=O)Nc2nc(C)c(Br)s2)cc(OC)c1. The Morgan fingerprint density at radius 2 is 1.90 bits per heavy atom. The second kappa shape index (κ2) is 6.91. The molecule has 0 aliphatic carbocycles. The maximum Gasteiger partial charge on any atom is 0.230 e. The third-order valence-electron chi connectivity index (χ3n) is 2.76. The van der Waals surface area contributed by atoms with Gasteiger partial charge in [0.15, 0.2) is 5.13 Å². The Balaban J connectivity index is 2.08. The molecule has 0 spiro atoms. The minimum absolute atomic E-state index is 0.133. The Morgan fingerprint density at radius 3 is 2.38 bits per heavy atom. The number of carbonyl (C=O) groups excluding carboxylic acids is 1. The molecule has 1 heterocycles. The van der Waals surface area contributed by atoms with E-state index >= 15 is 0 Å². The van der Waals surface area contributed by atoms with Crippen molar-refractivity contribution in [2.24, 2.45) is 0 Å². The number of amides is 1. The number of rotatable bonds is 5. The van der Waals surface area contributed by atoms with Gasteiger partial charge in [-0.25, -0.2) is 4.98 Å². The second-order valence-corrected chi connectivity index (χ2v) is 6.64. The molecule has 2 aromatic rings. The summed E-state index contributed by atoms with van der Waals surface area (Å²) in [7, 11) is 3.16. The standard InChI is InChI=1S/C14H15BrN2O3S/c1-8-13(15)21-14(16-8)17-12(18)6-9-4-10(19-2)7-11(5-9)20-3/h4-5,7H,6H2,1-3H3,(H,16,17,18). The average molecular weight is 371 g/mol. The Bertz CT molecular complexity index is 616. The van der Waals surface area contributed by atoms with E-state index < -0.39 is 0 Å². The predicted octanol–water partition coefficient (Wildman–Crippen LogP) is 3.41. The normalized spacial score (nSPS) is 10.3. The Labute approximate surface area is 135 Å². The van der Waals surface area contributed by atoms with Crippen molar-refractivity contribution >= 4 is 38.3 Å². The van der Waals surface area contributed by atoms with Crippen molar-refractivity contribution in [1.29, 1.82) is 0 Å². The number of thiazole rings is 1. The molecule has 0 saturated heterocycles. The average Bonchev–Trinajstić information content (AvgIpc) is 2.76. The van der Waals surface area contributed by atoms with Crippen LogP contribution in [0.3, 0.4) is 0 Å². The van der Waals surface area contributed by atoms with E-state index in [1.165, 1.54) is 11.3 Å². The van der Waals surface area contributed by atoms with Crippen LogP contribution in [0.2, 0.25) is 0 Å². The number of hydrogen-bond acceptors (Lipinski definition) is 5. The van der Waals surface area contributed by atoms with Crippen molar-refractivity contribution in [3.05, 3.63) is 33.2 Å². The number of nitrogens with zero attached hydrogens (tertiary/aromatic N) is 1. The zero-order valence-electron chi connectivity index (χ0n) is 11.9. The largest absolute Gasteiger partial charge is 0.497 e. The Morgan fingerprint density at radius 1 is 1.29 bits per heavy atom. The van der Waals surface area contributed by atoms with Crippen LogP contribution in [0.25, 0.3) is 0 Å². The maximum atomic E-state index is 12.1.